The van der Waals surface area contributed by atoms with Crippen molar-refractivity contribution in [1.82, 2.24) is 5.32 Å². The van der Waals surface area contributed by atoms with Gasteiger partial charge in [0.05, 0.1) is 11.6 Å². The van der Waals surface area contributed by atoms with Gasteiger partial charge in [-0.05, 0) is 87.0 Å². The number of nitriles is 1. The highest BCUT2D eigenvalue weighted by Crippen LogP contribution is 2.60. The smallest absolute Gasteiger partial charge is 0.226 e. The van der Waals surface area contributed by atoms with E-state index < -0.39 is 0 Å². The number of rotatable bonds is 6. The summed E-state index contributed by atoms with van der Waals surface area (Å²) in [6.45, 7) is 0.557. The molecule has 0 radical (unpaired) electrons. The van der Waals surface area contributed by atoms with Crippen molar-refractivity contribution >= 4 is 17.5 Å². The van der Waals surface area contributed by atoms with Crippen LogP contribution >= 0.6 is 0 Å². The highest BCUT2D eigenvalue weighted by molar-refractivity contribution is 5.90. The van der Waals surface area contributed by atoms with E-state index in [4.69, 9.17) is 5.26 Å². The lowest BCUT2D eigenvalue weighted by atomic mass is 9.49. The molecule has 0 heterocycles. The highest BCUT2D eigenvalue weighted by Gasteiger charge is 2.54. The summed E-state index contributed by atoms with van der Waals surface area (Å²) >= 11 is 0. The minimum Gasteiger partial charge on any atom is -0.356 e. The van der Waals surface area contributed by atoms with Crippen molar-refractivity contribution in [3.05, 3.63) is 29.8 Å². The molecule has 0 atom stereocenters. The third-order valence-electron chi connectivity index (χ3n) is 6.68. The second kappa shape index (κ2) is 7.34. The molecule has 1 aromatic rings. The van der Waals surface area contributed by atoms with Gasteiger partial charge in [-0.25, -0.2) is 0 Å². The van der Waals surface area contributed by atoms with Gasteiger partial charge in [0.15, 0.2) is 0 Å². The lowest BCUT2D eigenvalue weighted by molar-refractivity contribution is -0.146. The second-order valence-corrected chi connectivity index (χ2v) is 8.79. The fraction of sp³-hybridized carbons (Fsp3) is 0.591. The van der Waals surface area contributed by atoms with Gasteiger partial charge in [-0.15, -0.1) is 0 Å². The summed E-state index contributed by atoms with van der Waals surface area (Å²) in [5.74, 6) is 2.46. The Balaban J connectivity index is 1.20. The summed E-state index contributed by atoms with van der Waals surface area (Å²) in [5, 5.41) is 14.7. The molecule has 1 aromatic carbocycles. The van der Waals surface area contributed by atoms with E-state index in [2.05, 4.69) is 16.7 Å². The summed E-state index contributed by atoms with van der Waals surface area (Å²) in [5.41, 5.74) is 1.15. The lowest BCUT2D eigenvalue weighted by Gasteiger charge is -2.55. The average Bonchev–Trinajstić information content (AvgIpc) is 2.64. The topological polar surface area (TPSA) is 82.0 Å². The first-order valence-corrected chi connectivity index (χ1v) is 10.1. The normalized spacial score (nSPS) is 30.6. The molecule has 27 heavy (non-hydrogen) atoms. The monoisotopic (exact) mass is 365 g/mol. The van der Waals surface area contributed by atoms with Crippen LogP contribution in [0.4, 0.5) is 5.69 Å². The molecule has 4 aliphatic rings. The van der Waals surface area contributed by atoms with Crippen LogP contribution in [-0.2, 0) is 9.59 Å². The number of benzene rings is 1. The van der Waals surface area contributed by atoms with E-state index in [1.165, 1.54) is 19.3 Å². The molecule has 4 fully saturated rings. The fourth-order valence-corrected chi connectivity index (χ4v) is 5.88. The summed E-state index contributed by atoms with van der Waals surface area (Å²) in [6.07, 6.45) is 8.24. The first-order chi connectivity index (χ1) is 13.1. The number of hydrogen-bond donors (Lipinski definition) is 2. The molecule has 142 valence electrons. The Labute approximate surface area is 160 Å². The van der Waals surface area contributed by atoms with Crippen LogP contribution in [0.15, 0.2) is 24.3 Å². The maximum atomic E-state index is 12.9. The van der Waals surface area contributed by atoms with E-state index in [0.29, 0.717) is 30.6 Å². The number of carbonyl (C=O) groups excluding carboxylic acids is 2. The summed E-state index contributed by atoms with van der Waals surface area (Å²) in [7, 11) is 0. The van der Waals surface area contributed by atoms with Gasteiger partial charge in [0.25, 0.3) is 0 Å². The Kier molecular flexibility index (Phi) is 4.90. The molecular weight excluding hydrogens is 338 g/mol. The van der Waals surface area contributed by atoms with Crippen molar-refractivity contribution in [2.24, 2.45) is 23.2 Å². The number of nitrogens with zero attached hydrogens (tertiary/aromatic N) is 1. The Bertz CT molecular complexity index is 727. The highest BCUT2D eigenvalue weighted by atomic mass is 16.2. The van der Waals surface area contributed by atoms with Crippen LogP contribution in [0.2, 0.25) is 0 Å². The zero-order valence-electron chi connectivity index (χ0n) is 15.7. The van der Waals surface area contributed by atoms with Crippen LogP contribution in [0.25, 0.3) is 0 Å². The van der Waals surface area contributed by atoms with Crippen molar-refractivity contribution in [3.63, 3.8) is 0 Å². The molecule has 0 unspecified atom stereocenters. The SMILES string of the molecule is N#Cc1ccc(NC(=O)CCCNC(=O)C23CC4CC(CC(C4)C2)C3)cc1. The van der Waals surface area contributed by atoms with Crippen molar-refractivity contribution in [3.8, 4) is 6.07 Å². The molecule has 0 aromatic heterocycles. The van der Waals surface area contributed by atoms with E-state index in [-0.39, 0.29) is 17.2 Å². The molecule has 0 saturated heterocycles. The molecule has 2 amide bonds. The first kappa shape index (κ1) is 18.0. The van der Waals surface area contributed by atoms with Crippen molar-refractivity contribution < 1.29 is 9.59 Å². The molecule has 4 bridgehead atoms. The van der Waals surface area contributed by atoms with Crippen molar-refractivity contribution in [1.29, 1.82) is 5.26 Å². The molecular formula is C22H27N3O2. The zero-order chi connectivity index (χ0) is 18.9. The van der Waals surface area contributed by atoms with E-state index in [1.54, 1.807) is 24.3 Å². The van der Waals surface area contributed by atoms with E-state index in [0.717, 1.165) is 37.0 Å². The molecule has 5 heteroatoms. The Morgan fingerprint density at radius 3 is 2.19 bits per heavy atom. The molecule has 0 spiro atoms. The summed E-state index contributed by atoms with van der Waals surface area (Å²) in [6, 6.07) is 8.87. The zero-order valence-corrected chi connectivity index (χ0v) is 15.7. The van der Waals surface area contributed by atoms with Gasteiger partial charge >= 0.3 is 0 Å². The minimum absolute atomic E-state index is 0.0660. The number of hydrogen-bond acceptors (Lipinski definition) is 3. The Morgan fingerprint density at radius 2 is 1.63 bits per heavy atom. The molecule has 5 nitrogen and oxygen atoms in total. The molecule has 4 saturated carbocycles. The van der Waals surface area contributed by atoms with Gasteiger partial charge in [-0.1, -0.05) is 0 Å². The largest absolute Gasteiger partial charge is 0.356 e. The Morgan fingerprint density at radius 1 is 1.04 bits per heavy atom. The third kappa shape index (κ3) is 3.85. The van der Waals surface area contributed by atoms with Crippen LogP contribution in [0.3, 0.4) is 0 Å². The minimum atomic E-state index is -0.112. The van der Waals surface area contributed by atoms with E-state index >= 15 is 0 Å². The first-order valence-electron chi connectivity index (χ1n) is 10.1. The van der Waals surface area contributed by atoms with Gasteiger partial charge in [0, 0.05) is 24.1 Å². The van der Waals surface area contributed by atoms with Crippen molar-refractivity contribution in [2.45, 2.75) is 51.4 Å². The fourth-order valence-electron chi connectivity index (χ4n) is 5.88. The molecule has 2 N–H and O–H groups in total. The number of nitrogens with one attached hydrogen (secondary N) is 2. The van der Waals surface area contributed by atoms with Gasteiger partial charge in [-0.3, -0.25) is 9.59 Å². The van der Waals surface area contributed by atoms with E-state index in [1.807, 2.05) is 0 Å². The maximum absolute atomic E-state index is 12.9. The molecule has 0 aliphatic heterocycles. The van der Waals surface area contributed by atoms with Crippen LogP contribution < -0.4 is 10.6 Å². The average molecular weight is 365 g/mol. The second-order valence-electron chi connectivity index (χ2n) is 8.79. The molecule has 5 rings (SSSR count). The van der Waals surface area contributed by atoms with E-state index in [9.17, 15) is 9.59 Å². The van der Waals surface area contributed by atoms with Gasteiger partial charge in [-0.2, -0.15) is 5.26 Å². The van der Waals surface area contributed by atoms with Crippen LogP contribution in [0.1, 0.15) is 56.9 Å². The molecule has 4 aliphatic carbocycles. The summed E-state index contributed by atoms with van der Waals surface area (Å²) < 4.78 is 0. The number of amides is 2. The maximum Gasteiger partial charge on any atom is 0.226 e. The van der Waals surface area contributed by atoms with Gasteiger partial charge < -0.3 is 10.6 Å². The van der Waals surface area contributed by atoms with Gasteiger partial charge in [0.1, 0.15) is 0 Å². The van der Waals surface area contributed by atoms with Crippen LogP contribution in [0.5, 0.6) is 0 Å². The predicted molar refractivity (Wildman–Crippen MR) is 103 cm³/mol. The van der Waals surface area contributed by atoms with Crippen LogP contribution in [-0.4, -0.2) is 18.4 Å². The standard InChI is InChI=1S/C22H27N3O2/c23-14-15-3-5-19(6-4-15)25-20(26)2-1-7-24-21(27)22-11-16-8-17(12-22)10-18(9-16)13-22/h3-6,16-18H,1-2,7-13H2,(H,24,27)(H,25,26). The summed E-state index contributed by atoms with van der Waals surface area (Å²) in [4.78, 5) is 24.9. The Hall–Kier alpha value is -2.35. The predicted octanol–water partition coefficient (Wildman–Crippen LogP) is 3.61. The number of carbonyl (C=O) groups is 2. The third-order valence-corrected chi connectivity index (χ3v) is 6.68. The quantitative estimate of drug-likeness (QED) is 0.756. The van der Waals surface area contributed by atoms with Crippen LogP contribution in [0, 0.1) is 34.5 Å². The van der Waals surface area contributed by atoms with Crippen molar-refractivity contribution in [2.75, 3.05) is 11.9 Å². The lowest BCUT2D eigenvalue weighted by Crippen LogP contribution is -2.53. The van der Waals surface area contributed by atoms with Gasteiger partial charge in [0.2, 0.25) is 11.8 Å². The number of anilines is 1.